The topological polar surface area (TPSA) is 0 Å². The molecule has 18 heavy (non-hydrogen) atoms. The number of fused-ring (bicyclic) bond motifs is 1. The van der Waals surface area contributed by atoms with Crippen LogP contribution in [0, 0.1) is 6.42 Å². The van der Waals surface area contributed by atoms with Crippen molar-refractivity contribution in [1.82, 2.24) is 0 Å². The average molecular weight is 298 g/mol. The lowest BCUT2D eigenvalue weighted by atomic mass is 9.97. The lowest BCUT2D eigenvalue weighted by Gasteiger charge is -2.07. The molecule has 0 spiro atoms. The Kier molecular flexibility index (Phi) is 3.09. The van der Waals surface area contributed by atoms with E-state index in [2.05, 4.69) is 77.8 Å². The molecule has 0 aliphatic heterocycles. The fourth-order valence-corrected chi connectivity index (χ4v) is 2.65. The summed E-state index contributed by atoms with van der Waals surface area (Å²) in [6.07, 6.45) is 5.69. The van der Waals surface area contributed by atoms with Crippen LogP contribution in [0.25, 0.3) is 17.2 Å². The fraction of sp³-hybridized carbons (Fsp3) is 0.118. The molecule has 1 aliphatic rings. The first-order chi connectivity index (χ1) is 8.78. The van der Waals surface area contributed by atoms with Crippen molar-refractivity contribution in [3.8, 4) is 11.1 Å². The lowest BCUT2D eigenvalue weighted by Crippen LogP contribution is -1.86. The van der Waals surface area contributed by atoms with Crippen LogP contribution in [0.5, 0.6) is 0 Å². The second kappa shape index (κ2) is 4.74. The summed E-state index contributed by atoms with van der Waals surface area (Å²) < 4.78 is 1.12. The van der Waals surface area contributed by atoms with Crippen molar-refractivity contribution in [2.75, 3.05) is 0 Å². The fourth-order valence-electron chi connectivity index (χ4n) is 2.38. The quantitative estimate of drug-likeness (QED) is 0.689. The van der Waals surface area contributed by atoms with Crippen LogP contribution in [-0.2, 0) is 0 Å². The standard InChI is InChI=1S/C17H14Br/c1-2-12-10-14-4-3-5-16(17(14)11-12)13-6-8-15(18)9-7-13/h3-11H,2H2,1H3. The van der Waals surface area contributed by atoms with Gasteiger partial charge in [0.1, 0.15) is 0 Å². The molecule has 3 rings (SSSR count). The second-order valence-corrected chi connectivity index (χ2v) is 5.45. The highest BCUT2D eigenvalue weighted by Crippen LogP contribution is 2.36. The Balaban J connectivity index is 2.12. The number of hydrogen-bond acceptors (Lipinski definition) is 0. The van der Waals surface area contributed by atoms with Gasteiger partial charge in [-0.1, -0.05) is 64.8 Å². The summed E-state index contributed by atoms with van der Waals surface area (Å²) >= 11 is 3.48. The van der Waals surface area contributed by atoms with Gasteiger partial charge in [-0.15, -0.1) is 0 Å². The Morgan fingerprint density at radius 2 is 1.78 bits per heavy atom. The van der Waals surface area contributed by atoms with Crippen LogP contribution < -0.4 is 0 Å². The molecule has 0 heterocycles. The molecular formula is C17H14Br. The van der Waals surface area contributed by atoms with Gasteiger partial charge in [0, 0.05) is 10.9 Å². The molecule has 0 amide bonds. The number of allylic oxidation sites excluding steroid dienone is 1. The number of benzene rings is 2. The molecule has 0 N–H and O–H groups in total. The van der Waals surface area contributed by atoms with E-state index in [1.54, 1.807) is 0 Å². The third-order valence-electron chi connectivity index (χ3n) is 3.37. The summed E-state index contributed by atoms with van der Waals surface area (Å²) in [5.41, 5.74) is 6.70. The predicted molar refractivity (Wildman–Crippen MR) is 81.2 cm³/mol. The van der Waals surface area contributed by atoms with Gasteiger partial charge >= 0.3 is 0 Å². The summed E-state index contributed by atoms with van der Waals surface area (Å²) in [5, 5.41) is 0. The Morgan fingerprint density at radius 3 is 2.50 bits per heavy atom. The highest BCUT2D eigenvalue weighted by atomic mass is 79.9. The van der Waals surface area contributed by atoms with Crippen molar-refractivity contribution < 1.29 is 0 Å². The van der Waals surface area contributed by atoms with Crippen molar-refractivity contribution >= 4 is 22.0 Å². The summed E-state index contributed by atoms with van der Waals surface area (Å²) in [6.45, 7) is 2.20. The molecule has 1 radical (unpaired) electrons. The summed E-state index contributed by atoms with van der Waals surface area (Å²) in [7, 11) is 0. The van der Waals surface area contributed by atoms with E-state index in [0.29, 0.717) is 0 Å². The highest BCUT2D eigenvalue weighted by molar-refractivity contribution is 9.10. The SMILES string of the molecule is CCC1=Cc2c(cccc2-c2ccc(Br)cc2)[CH]1. The van der Waals surface area contributed by atoms with Crippen LogP contribution in [0.2, 0.25) is 0 Å². The molecule has 1 aliphatic carbocycles. The van der Waals surface area contributed by atoms with Gasteiger partial charge in [0.05, 0.1) is 0 Å². The first-order valence-corrected chi connectivity index (χ1v) is 7.01. The summed E-state index contributed by atoms with van der Waals surface area (Å²) in [6, 6.07) is 15.0. The molecule has 0 fully saturated rings. The van der Waals surface area contributed by atoms with Crippen molar-refractivity contribution in [3.63, 3.8) is 0 Å². The Bertz CT molecular complexity index is 606. The van der Waals surface area contributed by atoms with E-state index in [0.717, 1.165) is 10.9 Å². The molecule has 89 valence electrons. The maximum atomic E-state index is 3.48. The van der Waals surface area contributed by atoms with Gasteiger partial charge in [-0.2, -0.15) is 0 Å². The lowest BCUT2D eigenvalue weighted by molar-refractivity contribution is 1.14. The molecule has 0 atom stereocenters. The zero-order valence-electron chi connectivity index (χ0n) is 10.3. The van der Waals surface area contributed by atoms with Crippen LogP contribution in [0.15, 0.2) is 52.5 Å². The molecule has 0 unspecified atom stereocenters. The van der Waals surface area contributed by atoms with Gasteiger partial charge in [0.2, 0.25) is 0 Å². The maximum absolute atomic E-state index is 3.48. The van der Waals surface area contributed by atoms with Crippen LogP contribution in [0.1, 0.15) is 24.5 Å². The van der Waals surface area contributed by atoms with E-state index in [1.165, 1.54) is 27.8 Å². The third-order valence-corrected chi connectivity index (χ3v) is 3.90. The molecule has 1 heteroatoms. The van der Waals surface area contributed by atoms with Crippen LogP contribution in [0.3, 0.4) is 0 Å². The summed E-state index contributed by atoms with van der Waals surface area (Å²) in [4.78, 5) is 0. The zero-order valence-corrected chi connectivity index (χ0v) is 11.9. The Hall–Kier alpha value is -1.34. The van der Waals surface area contributed by atoms with E-state index < -0.39 is 0 Å². The van der Waals surface area contributed by atoms with Crippen LogP contribution in [-0.4, -0.2) is 0 Å². The van der Waals surface area contributed by atoms with Crippen molar-refractivity contribution in [2.45, 2.75) is 13.3 Å². The van der Waals surface area contributed by atoms with E-state index in [4.69, 9.17) is 0 Å². The molecule has 0 aromatic heterocycles. The van der Waals surface area contributed by atoms with E-state index >= 15 is 0 Å². The average Bonchev–Trinajstić information content (AvgIpc) is 2.82. The number of halogens is 1. The minimum Gasteiger partial charge on any atom is -0.0616 e. The Morgan fingerprint density at radius 1 is 1.00 bits per heavy atom. The van der Waals surface area contributed by atoms with Gasteiger partial charge in [-0.05, 0) is 40.8 Å². The smallest absolute Gasteiger partial charge is 0.0175 e. The first-order valence-electron chi connectivity index (χ1n) is 6.22. The van der Waals surface area contributed by atoms with Crippen LogP contribution in [0.4, 0.5) is 0 Å². The molecule has 0 bridgehead atoms. The van der Waals surface area contributed by atoms with Crippen LogP contribution >= 0.6 is 15.9 Å². The first kappa shape index (κ1) is 11.7. The monoisotopic (exact) mass is 297 g/mol. The number of hydrogen-bond donors (Lipinski definition) is 0. The van der Waals surface area contributed by atoms with Gasteiger partial charge in [0.15, 0.2) is 0 Å². The largest absolute Gasteiger partial charge is 0.0616 e. The van der Waals surface area contributed by atoms with Gasteiger partial charge in [0.25, 0.3) is 0 Å². The van der Waals surface area contributed by atoms with E-state index in [-0.39, 0.29) is 0 Å². The highest BCUT2D eigenvalue weighted by Gasteiger charge is 2.15. The third kappa shape index (κ3) is 2.04. The van der Waals surface area contributed by atoms with E-state index in [1.807, 2.05) is 0 Å². The van der Waals surface area contributed by atoms with Crippen molar-refractivity contribution in [2.24, 2.45) is 0 Å². The molecule has 2 aromatic carbocycles. The van der Waals surface area contributed by atoms with E-state index in [9.17, 15) is 0 Å². The minimum absolute atomic E-state index is 1.09. The Labute approximate surface area is 116 Å². The van der Waals surface area contributed by atoms with Gasteiger partial charge in [-0.3, -0.25) is 0 Å². The molecular weight excluding hydrogens is 284 g/mol. The maximum Gasteiger partial charge on any atom is 0.0175 e. The normalized spacial score (nSPS) is 13.3. The number of rotatable bonds is 2. The zero-order chi connectivity index (χ0) is 12.5. The predicted octanol–water partition coefficient (Wildman–Crippen LogP) is 5.48. The molecule has 0 saturated carbocycles. The summed E-state index contributed by atoms with van der Waals surface area (Å²) in [5.74, 6) is 0. The van der Waals surface area contributed by atoms with Gasteiger partial charge in [-0.25, -0.2) is 0 Å². The van der Waals surface area contributed by atoms with Crippen molar-refractivity contribution in [1.29, 1.82) is 0 Å². The minimum atomic E-state index is 1.09. The molecule has 0 nitrogen and oxygen atoms in total. The van der Waals surface area contributed by atoms with Crippen molar-refractivity contribution in [3.05, 3.63) is 70.1 Å². The molecule has 2 aromatic rings. The van der Waals surface area contributed by atoms with Gasteiger partial charge < -0.3 is 0 Å². The second-order valence-electron chi connectivity index (χ2n) is 4.53. The molecule has 0 saturated heterocycles.